The van der Waals surface area contributed by atoms with Gasteiger partial charge in [0.25, 0.3) is 0 Å². The molecule has 0 aliphatic rings. The molecule has 0 aliphatic heterocycles. The fourth-order valence-corrected chi connectivity index (χ4v) is 1.34. The molecule has 0 aromatic heterocycles. The molecule has 0 aliphatic carbocycles. The average Bonchev–Trinajstić information content (AvgIpc) is 2.32. The predicted molar refractivity (Wildman–Crippen MR) is 65.8 cm³/mol. The van der Waals surface area contributed by atoms with Crippen molar-refractivity contribution in [2.45, 2.75) is 27.2 Å². The lowest BCUT2D eigenvalue weighted by molar-refractivity contribution is -0.133. The Kier molecular flexibility index (Phi) is 5.49. The van der Waals surface area contributed by atoms with Crippen LogP contribution in [-0.4, -0.2) is 19.1 Å². The van der Waals surface area contributed by atoms with Crippen molar-refractivity contribution < 1.29 is 14.4 Å². The molecule has 0 spiro atoms. The zero-order valence-electron chi connectivity index (χ0n) is 10.6. The van der Waals surface area contributed by atoms with E-state index in [9.17, 15) is 4.79 Å². The van der Waals surface area contributed by atoms with Gasteiger partial charge in [-0.1, -0.05) is 12.1 Å². The van der Waals surface area contributed by atoms with E-state index >= 15 is 0 Å². The minimum absolute atomic E-state index is 0.169. The molecule has 0 unspecified atom stereocenters. The van der Waals surface area contributed by atoms with Crippen molar-refractivity contribution in [3.63, 3.8) is 0 Å². The quantitative estimate of drug-likeness (QED) is 0.771. The number of carbonyl (C=O) groups is 1. The molecule has 4 nitrogen and oxygen atoms in total. The Morgan fingerprint density at radius 1 is 1.35 bits per heavy atom. The second-order valence-electron chi connectivity index (χ2n) is 3.75. The Bertz CT molecular complexity index is 377. The highest BCUT2D eigenvalue weighted by atomic mass is 16.6. The van der Waals surface area contributed by atoms with Gasteiger partial charge in [-0.15, -0.1) is 0 Å². The Labute approximate surface area is 102 Å². The van der Waals surface area contributed by atoms with E-state index in [-0.39, 0.29) is 12.3 Å². The van der Waals surface area contributed by atoms with Crippen LogP contribution in [-0.2, 0) is 9.63 Å². The van der Waals surface area contributed by atoms with Gasteiger partial charge in [-0.05, 0) is 38.0 Å². The van der Waals surface area contributed by atoms with Crippen LogP contribution in [0.4, 0.5) is 0 Å². The van der Waals surface area contributed by atoms with E-state index in [2.05, 4.69) is 5.48 Å². The first-order chi connectivity index (χ1) is 8.15. The van der Waals surface area contributed by atoms with Crippen molar-refractivity contribution in [2.75, 3.05) is 13.2 Å². The third-order valence-electron chi connectivity index (χ3n) is 2.47. The van der Waals surface area contributed by atoms with E-state index in [1.165, 1.54) is 5.56 Å². The van der Waals surface area contributed by atoms with Crippen molar-refractivity contribution in [3.8, 4) is 5.75 Å². The Morgan fingerprint density at radius 3 is 2.82 bits per heavy atom. The Morgan fingerprint density at radius 2 is 2.12 bits per heavy atom. The summed E-state index contributed by atoms with van der Waals surface area (Å²) in [7, 11) is 0. The number of rotatable bonds is 6. The highest BCUT2D eigenvalue weighted by Crippen LogP contribution is 2.20. The van der Waals surface area contributed by atoms with Crippen molar-refractivity contribution in [1.29, 1.82) is 0 Å². The molecule has 1 amide bonds. The van der Waals surface area contributed by atoms with Crippen molar-refractivity contribution in [2.24, 2.45) is 0 Å². The molecule has 0 fully saturated rings. The van der Waals surface area contributed by atoms with Gasteiger partial charge in [-0.2, -0.15) is 0 Å². The Balaban J connectivity index is 2.36. The lowest BCUT2D eigenvalue weighted by Gasteiger charge is -2.10. The van der Waals surface area contributed by atoms with Gasteiger partial charge in [0.2, 0.25) is 5.91 Å². The van der Waals surface area contributed by atoms with Crippen LogP contribution in [0, 0.1) is 13.8 Å². The first-order valence-electron chi connectivity index (χ1n) is 5.74. The topological polar surface area (TPSA) is 47.6 Å². The molecule has 1 N–H and O–H groups in total. The number of nitrogens with one attached hydrogen (secondary N) is 1. The molecule has 0 saturated heterocycles. The van der Waals surface area contributed by atoms with Crippen molar-refractivity contribution in [1.82, 2.24) is 5.48 Å². The highest BCUT2D eigenvalue weighted by Gasteiger charge is 2.04. The van der Waals surface area contributed by atoms with E-state index < -0.39 is 0 Å². The summed E-state index contributed by atoms with van der Waals surface area (Å²) in [6.45, 7) is 6.66. The van der Waals surface area contributed by atoms with Crippen LogP contribution in [0.3, 0.4) is 0 Å². The third kappa shape index (κ3) is 4.44. The van der Waals surface area contributed by atoms with Crippen molar-refractivity contribution in [3.05, 3.63) is 29.3 Å². The van der Waals surface area contributed by atoms with Gasteiger partial charge in [0.15, 0.2) is 0 Å². The number of hydrogen-bond donors (Lipinski definition) is 1. The van der Waals surface area contributed by atoms with Gasteiger partial charge in [0, 0.05) is 0 Å². The summed E-state index contributed by atoms with van der Waals surface area (Å²) in [5.74, 6) is 0.659. The van der Waals surface area contributed by atoms with Crippen LogP contribution >= 0.6 is 0 Å². The normalized spacial score (nSPS) is 10.1. The fourth-order valence-electron chi connectivity index (χ4n) is 1.34. The van der Waals surface area contributed by atoms with Crippen LogP contribution in [0.25, 0.3) is 0 Å². The molecule has 17 heavy (non-hydrogen) atoms. The van der Waals surface area contributed by atoms with Gasteiger partial charge >= 0.3 is 0 Å². The molecular weight excluding hydrogens is 218 g/mol. The van der Waals surface area contributed by atoms with E-state index in [1.807, 2.05) is 39.0 Å². The van der Waals surface area contributed by atoms with E-state index in [0.717, 1.165) is 11.3 Å². The second-order valence-corrected chi connectivity index (χ2v) is 3.75. The number of benzene rings is 1. The number of amides is 1. The number of aryl methyl sites for hydroxylation is 1. The van der Waals surface area contributed by atoms with Gasteiger partial charge in [0.05, 0.1) is 19.6 Å². The summed E-state index contributed by atoms with van der Waals surface area (Å²) in [5.41, 5.74) is 4.62. The number of ether oxygens (including phenoxy) is 1. The molecule has 1 rings (SSSR count). The maximum absolute atomic E-state index is 11.2. The lowest BCUT2D eigenvalue weighted by atomic mass is 10.1. The Hall–Kier alpha value is -1.55. The van der Waals surface area contributed by atoms with Gasteiger partial charge in [-0.25, -0.2) is 5.48 Å². The molecule has 0 bridgehead atoms. The molecule has 1 aromatic carbocycles. The zero-order valence-corrected chi connectivity index (χ0v) is 10.6. The summed E-state index contributed by atoms with van der Waals surface area (Å²) in [6, 6.07) is 5.88. The SMILES string of the molecule is CCONC(=O)CCOc1cccc(C)c1C. The highest BCUT2D eigenvalue weighted by molar-refractivity contribution is 5.74. The van der Waals surface area contributed by atoms with Crippen LogP contribution in [0.2, 0.25) is 0 Å². The minimum Gasteiger partial charge on any atom is -0.493 e. The predicted octanol–water partition coefficient (Wildman–Crippen LogP) is 2.14. The largest absolute Gasteiger partial charge is 0.493 e. The zero-order chi connectivity index (χ0) is 12.7. The molecule has 0 saturated carbocycles. The third-order valence-corrected chi connectivity index (χ3v) is 2.47. The summed E-state index contributed by atoms with van der Waals surface area (Å²) < 4.78 is 5.55. The van der Waals surface area contributed by atoms with Crippen LogP contribution < -0.4 is 10.2 Å². The van der Waals surface area contributed by atoms with Crippen LogP contribution in [0.1, 0.15) is 24.5 Å². The average molecular weight is 237 g/mol. The van der Waals surface area contributed by atoms with Crippen LogP contribution in [0.5, 0.6) is 5.75 Å². The van der Waals surface area contributed by atoms with Gasteiger partial charge in [0.1, 0.15) is 5.75 Å². The molecule has 4 heteroatoms. The maximum Gasteiger partial charge on any atom is 0.246 e. The second kappa shape index (κ2) is 6.91. The first kappa shape index (κ1) is 13.5. The first-order valence-corrected chi connectivity index (χ1v) is 5.74. The molecule has 0 heterocycles. The minimum atomic E-state index is -0.169. The summed E-state index contributed by atoms with van der Waals surface area (Å²) >= 11 is 0. The monoisotopic (exact) mass is 237 g/mol. The van der Waals surface area contributed by atoms with Crippen molar-refractivity contribution >= 4 is 5.91 Å². The summed E-state index contributed by atoms with van der Waals surface area (Å²) in [4.78, 5) is 16.0. The number of hydrogen-bond acceptors (Lipinski definition) is 3. The summed E-state index contributed by atoms with van der Waals surface area (Å²) in [6.07, 6.45) is 0.285. The maximum atomic E-state index is 11.2. The smallest absolute Gasteiger partial charge is 0.246 e. The van der Waals surface area contributed by atoms with E-state index in [4.69, 9.17) is 9.57 Å². The molecule has 1 aromatic rings. The summed E-state index contributed by atoms with van der Waals surface area (Å²) in [5, 5.41) is 0. The lowest BCUT2D eigenvalue weighted by Crippen LogP contribution is -2.25. The fraction of sp³-hybridized carbons (Fsp3) is 0.462. The van der Waals surface area contributed by atoms with Gasteiger partial charge < -0.3 is 4.74 Å². The standard InChI is InChI=1S/C13H19NO3/c1-4-17-14-13(15)8-9-16-12-7-5-6-10(2)11(12)3/h5-7H,4,8-9H2,1-3H3,(H,14,15). The van der Waals surface area contributed by atoms with Crippen LogP contribution in [0.15, 0.2) is 18.2 Å². The molecule has 0 radical (unpaired) electrons. The van der Waals surface area contributed by atoms with E-state index in [0.29, 0.717) is 13.2 Å². The van der Waals surface area contributed by atoms with E-state index in [1.54, 1.807) is 0 Å². The van der Waals surface area contributed by atoms with Gasteiger partial charge in [-0.3, -0.25) is 9.63 Å². The molecule has 94 valence electrons. The number of carbonyl (C=O) groups excluding carboxylic acids is 1. The molecular formula is C13H19NO3. The molecule has 0 atom stereocenters. The number of hydroxylamine groups is 1.